The van der Waals surface area contributed by atoms with Crippen LogP contribution in [0.1, 0.15) is 41.5 Å². The van der Waals surface area contributed by atoms with E-state index in [1.165, 1.54) is 23.3 Å². The normalized spacial score (nSPS) is 17.4. The molecule has 45 heavy (non-hydrogen) atoms. The number of aliphatic carboxylic acids is 4. The summed E-state index contributed by atoms with van der Waals surface area (Å²) < 4.78 is 39.4. The molecule has 2 aromatic rings. The fourth-order valence-corrected chi connectivity index (χ4v) is 5.45. The van der Waals surface area contributed by atoms with Crippen LogP contribution in [-0.2, 0) is 38.2 Å². The Bertz CT molecular complexity index is 1500. The molecule has 0 aromatic heterocycles. The van der Waals surface area contributed by atoms with E-state index in [9.17, 15) is 42.6 Å². The first kappa shape index (κ1) is 34.6. The molecule has 0 spiro atoms. The van der Waals surface area contributed by atoms with E-state index in [0.717, 1.165) is 38.1 Å². The quantitative estimate of drug-likeness (QED) is 0.303. The molecule has 0 aliphatic carbocycles. The number of nitrogens with zero attached hydrogens (tertiary/aromatic N) is 2. The highest BCUT2D eigenvalue weighted by atomic mass is 19.4. The second-order valence-electron chi connectivity index (χ2n) is 10.5. The SMILES string of the molecule is CC1=C(C(=O)O)C(c2ccc(C(F)(F)F)cc2)C(C(=O)O)=C(CCN2CCc3ccccc3CC2)N1C.O=C(O)/C=C/C(=O)O. The highest BCUT2D eigenvalue weighted by Gasteiger charge is 2.40. The number of allylic oxidation sites excluding steroid dienone is 1. The van der Waals surface area contributed by atoms with Gasteiger partial charge in [0.25, 0.3) is 0 Å². The highest BCUT2D eigenvalue weighted by Crippen LogP contribution is 2.43. The van der Waals surface area contributed by atoms with Gasteiger partial charge in [-0.05, 0) is 48.6 Å². The molecule has 0 bridgehead atoms. The molecule has 10 nitrogen and oxygen atoms in total. The van der Waals surface area contributed by atoms with Crippen molar-refractivity contribution in [2.75, 3.05) is 26.7 Å². The number of fused-ring (bicyclic) bond motifs is 1. The van der Waals surface area contributed by atoms with Crippen molar-refractivity contribution < 1.29 is 52.8 Å². The van der Waals surface area contributed by atoms with Crippen molar-refractivity contribution in [1.29, 1.82) is 0 Å². The third kappa shape index (κ3) is 8.82. The molecule has 240 valence electrons. The molecule has 4 rings (SSSR count). The smallest absolute Gasteiger partial charge is 0.416 e. The zero-order chi connectivity index (χ0) is 33.5. The van der Waals surface area contributed by atoms with Crippen LogP contribution in [0.2, 0.25) is 0 Å². The number of halogens is 3. The summed E-state index contributed by atoms with van der Waals surface area (Å²) in [7, 11) is 1.64. The Labute approximate surface area is 257 Å². The topological polar surface area (TPSA) is 156 Å². The van der Waals surface area contributed by atoms with Gasteiger partial charge in [0, 0.05) is 56.6 Å². The van der Waals surface area contributed by atoms with Crippen molar-refractivity contribution in [2.24, 2.45) is 0 Å². The Morgan fingerprint density at radius 2 is 1.31 bits per heavy atom. The van der Waals surface area contributed by atoms with Crippen molar-refractivity contribution >= 4 is 23.9 Å². The van der Waals surface area contributed by atoms with Crippen LogP contribution in [-0.4, -0.2) is 80.8 Å². The molecule has 2 aliphatic rings. The zero-order valence-electron chi connectivity index (χ0n) is 24.5. The van der Waals surface area contributed by atoms with Crippen LogP contribution in [0.3, 0.4) is 0 Å². The maximum atomic E-state index is 13.1. The number of alkyl halides is 3. The first-order valence-electron chi connectivity index (χ1n) is 13.9. The Morgan fingerprint density at radius 1 is 0.822 bits per heavy atom. The molecule has 4 N–H and O–H groups in total. The van der Waals surface area contributed by atoms with Gasteiger partial charge in [-0.25, -0.2) is 19.2 Å². The fraction of sp³-hybridized carbons (Fsp3) is 0.312. The third-order valence-corrected chi connectivity index (χ3v) is 7.76. The minimum absolute atomic E-state index is 0.122. The first-order chi connectivity index (χ1) is 21.1. The summed E-state index contributed by atoms with van der Waals surface area (Å²) in [4.78, 5) is 47.8. The molecule has 0 radical (unpaired) electrons. The number of carboxylic acids is 4. The van der Waals surface area contributed by atoms with Gasteiger partial charge in [-0.3, -0.25) is 0 Å². The molecule has 2 heterocycles. The molecule has 0 saturated carbocycles. The second-order valence-corrected chi connectivity index (χ2v) is 10.5. The van der Waals surface area contributed by atoms with Crippen LogP contribution in [0.25, 0.3) is 0 Å². The lowest BCUT2D eigenvalue weighted by Crippen LogP contribution is -2.35. The lowest BCUT2D eigenvalue weighted by molar-refractivity contribution is -0.138. The molecular formula is C32H33F3N2O8. The Kier molecular flexibility index (Phi) is 11.3. The largest absolute Gasteiger partial charge is 0.478 e. The van der Waals surface area contributed by atoms with Crippen LogP contribution in [0.15, 0.2) is 83.2 Å². The van der Waals surface area contributed by atoms with Gasteiger partial charge in [-0.1, -0.05) is 36.4 Å². The van der Waals surface area contributed by atoms with Crippen LogP contribution in [0.5, 0.6) is 0 Å². The van der Waals surface area contributed by atoms with E-state index in [-0.39, 0.29) is 16.7 Å². The van der Waals surface area contributed by atoms with Gasteiger partial charge in [-0.15, -0.1) is 0 Å². The molecule has 0 amide bonds. The Hall–Kier alpha value is -4.91. The van der Waals surface area contributed by atoms with Crippen LogP contribution in [0, 0.1) is 0 Å². The van der Waals surface area contributed by atoms with Crippen molar-refractivity contribution in [2.45, 2.75) is 38.3 Å². The Balaban J connectivity index is 0.000000610. The third-order valence-electron chi connectivity index (χ3n) is 7.76. The van der Waals surface area contributed by atoms with E-state index in [1.54, 1.807) is 18.9 Å². The molecule has 2 aliphatic heterocycles. The number of carboxylic acid groups (broad SMARTS) is 4. The van der Waals surface area contributed by atoms with E-state index in [2.05, 4.69) is 17.0 Å². The summed E-state index contributed by atoms with van der Waals surface area (Å²) in [6.45, 7) is 3.80. The van der Waals surface area contributed by atoms with Crippen molar-refractivity contribution in [3.05, 3.63) is 105 Å². The lowest BCUT2D eigenvalue weighted by Gasteiger charge is -2.37. The van der Waals surface area contributed by atoms with E-state index in [0.29, 0.717) is 36.5 Å². The van der Waals surface area contributed by atoms with Gasteiger partial charge >= 0.3 is 30.1 Å². The first-order valence-corrected chi connectivity index (χ1v) is 13.9. The van der Waals surface area contributed by atoms with Crippen LogP contribution in [0.4, 0.5) is 13.2 Å². The molecule has 1 atom stereocenters. The van der Waals surface area contributed by atoms with E-state index < -0.39 is 41.5 Å². The zero-order valence-corrected chi connectivity index (χ0v) is 24.5. The fourth-order valence-electron chi connectivity index (χ4n) is 5.45. The van der Waals surface area contributed by atoms with Crippen molar-refractivity contribution in [3.63, 3.8) is 0 Å². The molecule has 1 unspecified atom stereocenters. The number of carbonyl (C=O) groups is 4. The monoisotopic (exact) mass is 630 g/mol. The van der Waals surface area contributed by atoms with Crippen LogP contribution < -0.4 is 0 Å². The second kappa shape index (κ2) is 14.7. The summed E-state index contributed by atoms with van der Waals surface area (Å²) in [6.07, 6.45) is -1.32. The average molecular weight is 631 g/mol. The minimum atomic E-state index is -4.56. The Morgan fingerprint density at radius 3 is 1.73 bits per heavy atom. The molecular weight excluding hydrogens is 597 g/mol. The van der Waals surface area contributed by atoms with E-state index in [1.807, 2.05) is 12.1 Å². The number of hydrogen-bond acceptors (Lipinski definition) is 6. The summed E-state index contributed by atoms with van der Waals surface area (Å²) in [6, 6.07) is 12.3. The van der Waals surface area contributed by atoms with Gasteiger partial charge in [-0.2, -0.15) is 13.2 Å². The van der Waals surface area contributed by atoms with Gasteiger partial charge in [0.15, 0.2) is 0 Å². The average Bonchev–Trinajstić information content (AvgIpc) is 3.18. The summed E-state index contributed by atoms with van der Waals surface area (Å²) >= 11 is 0. The van der Waals surface area contributed by atoms with Gasteiger partial charge in [0.1, 0.15) is 0 Å². The highest BCUT2D eigenvalue weighted by molar-refractivity contribution is 5.98. The predicted octanol–water partition coefficient (Wildman–Crippen LogP) is 4.63. The molecule has 0 saturated heterocycles. The van der Waals surface area contributed by atoms with Crippen molar-refractivity contribution in [1.82, 2.24) is 9.80 Å². The summed E-state index contributed by atoms with van der Waals surface area (Å²) in [5.41, 5.74) is 2.46. The summed E-state index contributed by atoms with van der Waals surface area (Å²) in [5.74, 6) is -6.31. The van der Waals surface area contributed by atoms with Gasteiger partial charge in [0.05, 0.1) is 22.6 Å². The predicted molar refractivity (Wildman–Crippen MR) is 156 cm³/mol. The minimum Gasteiger partial charge on any atom is -0.478 e. The number of benzene rings is 2. The van der Waals surface area contributed by atoms with E-state index >= 15 is 0 Å². The van der Waals surface area contributed by atoms with Crippen molar-refractivity contribution in [3.8, 4) is 0 Å². The van der Waals surface area contributed by atoms with Crippen LogP contribution >= 0.6 is 0 Å². The molecule has 0 fully saturated rings. The van der Waals surface area contributed by atoms with Gasteiger partial charge in [0.2, 0.25) is 0 Å². The lowest BCUT2D eigenvalue weighted by atomic mass is 9.79. The van der Waals surface area contributed by atoms with Gasteiger partial charge < -0.3 is 30.2 Å². The number of rotatable bonds is 8. The maximum Gasteiger partial charge on any atom is 0.416 e. The molecule has 13 heteroatoms. The van der Waals surface area contributed by atoms with E-state index in [4.69, 9.17) is 10.2 Å². The number of hydrogen-bond donors (Lipinski definition) is 4. The molecule has 2 aromatic carbocycles. The standard InChI is InChI=1S/C28H29F3N2O4.C4H4O4/c1-17-23(26(34)35)24(20-7-9-21(10-8-20)28(29,30)31)25(27(36)37)22(32(17)2)13-16-33-14-11-18-5-3-4-6-19(18)12-15-33;5-3(6)1-2-4(7)8/h3-10,24H,11-16H2,1-2H3,(H,34,35)(H,36,37);1-2H,(H,5,6)(H,7,8)/b;2-1+. The maximum absolute atomic E-state index is 13.1. The summed E-state index contributed by atoms with van der Waals surface area (Å²) in [5, 5.41) is 35.8.